The highest BCUT2D eigenvalue weighted by Gasteiger charge is 2.20. The van der Waals surface area contributed by atoms with Crippen LogP contribution in [-0.2, 0) is 11.8 Å². The molecule has 0 aliphatic carbocycles. The zero-order valence-electron chi connectivity index (χ0n) is 15.7. The average molecular weight is 385 g/mol. The molecule has 0 atom stereocenters. The van der Waals surface area contributed by atoms with Gasteiger partial charge in [0.05, 0.1) is 28.1 Å². The van der Waals surface area contributed by atoms with E-state index in [0.717, 1.165) is 54.6 Å². The lowest BCUT2D eigenvalue weighted by Crippen LogP contribution is -2.36. The number of fused-ring (bicyclic) bond motifs is 1. The summed E-state index contributed by atoms with van der Waals surface area (Å²) in [6.07, 6.45) is 2.86. The summed E-state index contributed by atoms with van der Waals surface area (Å²) in [5.41, 5.74) is 2.68. The number of amides is 1. The number of aromatic nitrogens is 3. The standard InChI is InChI=1S/C19H24N6OS/c1-14-16(12-23(2)22-14)20-18(26)13-24-8-5-9-25(11-10-24)19-21-15-6-3-4-7-17(15)27-19/h3-4,6-7,12H,5,8-11,13H2,1-2H3,(H,20,26). The van der Waals surface area contributed by atoms with Gasteiger partial charge in [-0.3, -0.25) is 14.4 Å². The summed E-state index contributed by atoms with van der Waals surface area (Å²) in [4.78, 5) is 21.7. The molecule has 8 heteroatoms. The lowest BCUT2D eigenvalue weighted by atomic mass is 10.3. The zero-order valence-corrected chi connectivity index (χ0v) is 16.5. The topological polar surface area (TPSA) is 66.3 Å². The highest BCUT2D eigenvalue weighted by molar-refractivity contribution is 7.22. The normalized spacial score (nSPS) is 15.9. The monoisotopic (exact) mass is 384 g/mol. The Kier molecular flexibility index (Phi) is 5.09. The first-order chi connectivity index (χ1) is 13.1. The predicted molar refractivity (Wildman–Crippen MR) is 109 cm³/mol. The van der Waals surface area contributed by atoms with Crippen LogP contribution in [0.25, 0.3) is 10.2 Å². The van der Waals surface area contributed by atoms with Crippen LogP contribution in [-0.4, -0.2) is 58.3 Å². The van der Waals surface area contributed by atoms with Gasteiger partial charge in [0.15, 0.2) is 5.13 Å². The Hall–Kier alpha value is -2.45. The first kappa shape index (κ1) is 17.9. The number of carbonyl (C=O) groups excluding carboxylic acids is 1. The van der Waals surface area contributed by atoms with Crippen LogP contribution < -0.4 is 10.2 Å². The van der Waals surface area contributed by atoms with Crippen molar-refractivity contribution in [2.75, 3.05) is 42.9 Å². The summed E-state index contributed by atoms with van der Waals surface area (Å²) in [6, 6.07) is 8.26. The minimum Gasteiger partial charge on any atom is -0.347 e. The fraction of sp³-hybridized carbons (Fsp3) is 0.421. The second-order valence-electron chi connectivity index (χ2n) is 6.93. The number of para-hydroxylation sites is 1. The van der Waals surface area contributed by atoms with E-state index in [1.165, 1.54) is 4.70 Å². The Labute approximate surface area is 162 Å². The first-order valence-electron chi connectivity index (χ1n) is 9.21. The Morgan fingerprint density at radius 2 is 2.07 bits per heavy atom. The summed E-state index contributed by atoms with van der Waals surface area (Å²) in [5, 5.41) is 8.31. The van der Waals surface area contributed by atoms with Gasteiger partial charge in [-0.15, -0.1) is 0 Å². The Balaban J connectivity index is 1.35. The smallest absolute Gasteiger partial charge is 0.238 e. The molecule has 1 aliphatic rings. The molecule has 3 aromatic rings. The summed E-state index contributed by atoms with van der Waals surface area (Å²) in [6.45, 7) is 5.94. The average Bonchev–Trinajstić information content (AvgIpc) is 3.11. The van der Waals surface area contributed by atoms with Gasteiger partial charge in [-0.1, -0.05) is 23.5 Å². The second-order valence-corrected chi connectivity index (χ2v) is 7.94. The molecule has 0 radical (unpaired) electrons. The lowest BCUT2D eigenvalue weighted by molar-refractivity contribution is -0.117. The minimum absolute atomic E-state index is 0.0135. The van der Waals surface area contributed by atoms with Gasteiger partial charge in [-0.05, 0) is 25.5 Å². The molecule has 2 aromatic heterocycles. The molecule has 0 saturated carbocycles. The Morgan fingerprint density at radius 1 is 1.22 bits per heavy atom. The quantitative estimate of drug-likeness (QED) is 0.749. The van der Waals surface area contributed by atoms with Crippen molar-refractivity contribution < 1.29 is 4.79 Å². The van der Waals surface area contributed by atoms with Crippen LogP contribution in [0, 0.1) is 6.92 Å². The molecule has 1 aromatic carbocycles. The van der Waals surface area contributed by atoms with E-state index < -0.39 is 0 Å². The number of aryl methyl sites for hydroxylation is 2. The predicted octanol–water partition coefficient (Wildman–Crippen LogP) is 2.49. The number of nitrogens with one attached hydrogen (secondary N) is 1. The van der Waals surface area contributed by atoms with E-state index in [1.807, 2.05) is 26.2 Å². The van der Waals surface area contributed by atoms with Crippen LogP contribution in [0.5, 0.6) is 0 Å². The third-order valence-electron chi connectivity index (χ3n) is 4.80. The van der Waals surface area contributed by atoms with Crippen LogP contribution in [0.3, 0.4) is 0 Å². The largest absolute Gasteiger partial charge is 0.347 e. The molecule has 3 heterocycles. The van der Waals surface area contributed by atoms with Crippen molar-refractivity contribution in [3.63, 3.8) is 0 Å². The fourth-order valence-corrected chi connectivity index (χ4v) is 4.45. The SMILES string of the molecule is Cc1nn(C)cc1NC(=O)CN1CCCN(c2nc3ccccc3s2)CC1. The fourth-order valence-electron chi connectivity index (χ4n) is 3.43. The summed E-state index contributed by atoms with van der Waals surface area (Å²) in [7, 11) is 1.86. The van der Waals surface area contributed by atoms with Crippen molar-refractivity contribution in [2.24, 2.45) is 7.05 Å². The Morgan fingerprint density at radius 3 is 2.85 bits per heavy atom. The van der Waals surface area contributed by atoms with Gasteiger partial charge in [-0.2, -0.15) is 5.10 Å². The molecule has 4 rings (SSSR count). The number of benzene rings is 1. The number of hydrogen-bond acceptors (Lipinski definition) is 6. The van der Waals surface area contributed by atoms with Gasteiger partial charge in [0, 0.05) is 39.4 Å². The Bertz CT molecular complexity index is 916. The summed E-state index contributed by atoms with van der Waals surface area (Å²) in [5.74, 6) is 0.0135. The van der Waals surface area contributed by atoms with Gasteiger partial charge in [-0.25, -0.2) is 4.98 Å². The molecule has 27 heavy (non-hydrogen) atoms. The highest BCUT2D eigenvalue weighted by Crippen LogP contribution is 2.29. The van der Waals surface area contributed by atoms with Crippen molar-refractivity contribution in [1.82, 2.24) is 19.7 Å². The van der Waals surface area contributed by atoms with Crippen molar-refractivity contribution in [3.05, 3.63) is 36.2 Å². The maximum absolute atomic E-state index is 12.4. The molecule has 7 nitrogen and oxygen atoms in total. The van der Waals surface area contributed by atoms with Gasteiger partial charge in [0.1, 0.15) is 0 Å². The number of nitrogens with zero attached hydrogens (tertiary/aromatic N) is 5. The third-order valence-corrected chi connectivity index (χ3v) is 5.89. The van der Waals surface area contributed by atoms with Gasteiger partial charge >= 0.3 is 0 Å². The molecule has 0 spiro atoms. The molecule has 1 amide bonds. The van der Waals surface area contributed by atoms with Gasteiger partial charge in [0.2, 0.25) is 5.91 Å². The van der Waals surface area contributed by atoms with Crippen LogP contribution in [0.2, 0.25) is 0 Å². The zero-order chi connectivity index (χ0) is 18.8. The van der Waals surface area contributed by atoms with Crippen LogP contribution >= 0.6 is 11.3 Å². The van der Waals surface area contributed by atoms with E-state index in [2.05, 4.69) is 38.4 Å². The molecule has 1 N–H and O–H groups in total. The van der Waals surface area contributed by atoms with Gasteiger partial charge < -0.3 is 10.2 Å². The van der Waals surface area contributed by atoms with E-state index in [-0.39, 0.29) is 5.91 Å². The molecular formula is C19H24N6OS. The van der Waals surface area contributed by atoms with E-state index in [0.29, 0.717) is 6.54 Å². The third kappa shape index (κ3) is 4.12. The number of carbonyl (C=O) groups is 1. The van der Waals surface area contributed by atoms with Crippen LogP contribution in [0.4, 0.5) is 10.8 Å². The highest BCUT2D eigenvalue weighted by atomic mass is 32.1. The molecule has 1 fully saturated rings. The second kappa shape index (κ2) is 7.66. The van der Waals surface area contributed by atoms with Gasteiger partial charge in [0.25, 0.3) is 0 Å². The summed E-state index contributed by atoms with van der Waals surface area (Å²) < 4.78 is 2.94. The van der Waals surface area contributed by atoms with Crippen molar-refractivity contribution in [3.8, 4) is 0 Å². The maximum Gasteiger partial charge on any atom is 0.238 e. The number of hydrogen-bond donors (Lipinski definition) is 1. The first-order valence-corrected chi connectivity index (χ1v) is 10.0. The van der Waals surface area contributed by atoms with E-state index in [4.69, 9.17) is 4.98 Å². The molecular weight excluding hydrogens is 360 g/mol. The van der Waals surface area contributed by atoms with Crippen LogP contribution in [0.1, 0.15) is 12.1 Å². The molecule has 142 valence electrons. The molecule has 1 saturated heterocycles. The minimum atomic E-state index is 0.0135. The lowest BCUT2D eigenvalue weighted by Gasteiger charge is -2.21. The molecule has 1 aliphatic heterocycles. The van der Waals surface area contributed by atoms with Crippen LogP contribution in [0.15, 0.2) is 30.5 Å². The number of anilines is 2. The van der Waals surface area contributed by atoms with Crippen molar-refractivity contribution in [1.29, 1.82) is 0 Å². The van der Waals surface area contributed by atoms with Crippen molar-refractivity contribution >= 4 is 38.3 Å². The number of rotatable bonds is 4. The summed E-state index contributed by atoms with van der Waals surface area (Å²) >= 11 is 1.74. The maximum atomic E-state index is 12.4. The van der Waals surface area contributed by atoms with E-state index >= 15 is 0 Å². The number of thiazole rings is 1. The van der Waals surface area contributed by atoms with E-state index in [9.17, 15) is 4.79 Å². The van der Waals surface area contributed by atoms with Crippen molar-refractivity contribution in [2.45, 2.75) is 13.3 Å². The molecule has 0 unspecified atom stereocenters. The molecule has 0 bridgehead atoms. The van der Waals surface area contributed by atoms with E-state index in [1.54, 1.807) is 16.0 Å².